The van der Waals surface area contributed by atoms with Gasteiger partial charge in [0.05, 0.1) is 0 Å². The highest BCUT2D eigenvalue weighted by atomic mass is 16.6. The normalized spacial score (nSPS) is 14.1. The number of amides is 3. The maximum atomic E-state index is 13.9. The van der Waals surface area contributed by atoms with Crippen molar-refractivity contribution >= 4 is 17.9 Å². The third-order valence-electron chi connectivity index (χ3n) is 5.72. The Morgan fingerprint density at radius 1 is 1.03 bits per heavy atom. The van der Waals surface area contributed by atoms with Gasteiger partial charge >= 0.3 is 6.09 Å². The van der Waals surface area contributed by atoms with Gasteiger partial charge in [-0.05, 0) is 78.4 Å². The number of nitrogens with one attached hydrogen (secondary N) is 2. The van der Waals surface area contributed by atoms with Crippen molar-refractivity contribution in [2.24, 2.45) is 5.92 Å². The van der Waals surface area contributed by atoms with E-state index in [1.54, 1.807) is 25.7 Å². The van der Waals surface area contributed by atoms with Gasteiger partial charge in [0, 0.05) is 12.6 Å². The van der Waals surface area contributed by atoms with E-state index in [2.05, 4.69) is 17.6 Å². The number of benzene rings is 1. The van der Waals surface area contributed by atoms with Gasteiger partial charge in [0.25, 0.3) is 0 Å². The number of likely N-dealkylation sites (N-methyl/N-ethyl adjacent to an activating group) is 1. The SMILES string of the molecule is CCCC(C)NC(=O)C(c1cc(C)ccc1C)N(CC)C(=O)C(CC(C)C)NC(=O)OC(C)(C)C. The zero-order chi connectivity index (χ0) is 26.9. The van der Waals surface area contributed by atoms with Crippen LogP contribution in [0.4, 0.5) is 4.79 Å². The van der Waals surface area contributed by atoms with E-state index in [-0.39, 0.29) is 23.8 Å². The lowest BCUT2D eigenvalue weighted by atomic mass is 9.95. The van der Waals surface area contributed by atoms with E-state index in [1.807, 2.05) is 59.7 Å². The molecule has 1 rings (SSSR count). The molecule has 3 unspecified atom stereocenters. The van der Waals surface area contributed by atoms with Gasteiger partial charge in [-0.2, -0.15) is 0 Å². The first-order valence-electron chi connectivity index (χ1n) is 12.9. The maximum absolute atomic E-state index is 13.9. The highest BCUT2D eigenvalue weighted by Crippen LogP contribution is 2.27. The molecule has 0 saturated carbocycles. The second kappa shape index (κ2) is 13.5. The minimum Gasteiger partial charge on any atom is -0.444 e. The van der Waals surface area contributed by atoms with Gasteiger partial charge in [-0.25, -0.2) is 4.79 Å². The van der Waals surface area contributed by atoms with Crippen LogP contribution in [0.5, 0.6) is 0 Å². The average Bonchev–Trinajstić information content (AvgIpc) is 2.71. The molecule has 0 aromatic heterocycles. The number of carbonyl (C=O) groups excluding carboxylic acids is 3. The molecule has 7 heteroatoms. The number of hydrogen-bond donors (Lipinski definition) is 2. The molecule has 2 N–H and O–H groups in total. The summed E-state index contributed by atoms with van der Waals surface area (Å²) in [7, 11) is 0. The van der Waals surface area contributed by atoms with Crippen LogP contribution < -0.4 is 10.6 Å². The van der Waals surface area contributed by atoms with Crippen molar-refractivity contribution in [3.63, 3.8) is 0 Å². The second-order valence-corrected chi connectivity index (χ2v) is 10.9. The van der Waals surface area contributed by atoms with E-state index in [4.69, 9.17) is 4.74 Å². The molecule has 0 aliphatic rings. The van der Waals surface area contributed by atoms with Crippen LogP contribution in [0.2, 0.25) is 0 Å². The van der Waals surface area contributed by atoms with Crippen molar-refractivity contribution < 1.29 is 19.1 Å². The molecule has 35 heavy (non-hydrogen) atoms. The first-order chi connectivity index (χ1) is 16.2. The lowest BCUT2D eigenvalue weighted by Crippen LogP contribution is -2.54. The largest absolute Gasteiger partial charge is 0.444 e. The molecule has 0 fully saturated rings. The van der Waals surface area contributed by atoms with Crippen LogP contribution in [-0.2, 0) is 14.3 Å². The number of nitrogens with zero attached hydrogens (tertiary/aromatic N) is 1. The summed E-state index contributed by atoms with van der Waals surface area (Å²) in [5, 5.41) is 5.87. The summed E-state index contributed by atoms with van der Waals surface area (Å²) in [4.78, 5) is 41.7. The van der Waals surface area contributed by atoms with E-state index in [0.717, 1.165) is 29.5 Å². The van der Waals surface area contributed by atoms with Crippen LogP contribution in [-0.4, -0.2) is 47.0 Å². The Bertz CT molecular complexity index is 860. The van der Waals surface area contributed by atoms with Crippen molar-refractivity contribution in [3.05, 3.63) is 34.9 Å². The molecule has 0 spiro atoms. The van der Waals surface area contributed by atoms with E-state index >= 15 is 0 Å². The number of rotatable bonds is 11. The van der Waals surface area contributed by atoms with Crippen LogP contribution in [0, 0.1) is 19.8 Å². The number of alkyl carbamates (subject to hydrolysis) is 1. The fraction of sp³-hybridized carbons (Fsp3) is 0.679. The number of aryl methyl sites for hydroxylation is 2. The Balaban J connectivity index is 3.44. The quantitative estimate of drug-likeness (QED) is 0.433. The maximum Gasteiger partial charge on any atom is 0.408 e. The highest BCUT2D eigenvalue weighted by Gasteiger charge is 2.36. The van der Waals surface area contributed by atoms with Crippen molar-refractivity contribution in [2.45, 2.75) is 112 Å². The first kappa shape index (κ1) is 30.5. The summed E-state index contributed by atoms with van der Waals surface area (Å²) in [6.07, 6.45) is 1.59. The van der Waals surface area contributed by atoms with Gasteiger partial charge < -0.3 is 20.3 Å². The standard InChI is InChI=1S/C28H47N3O4/c1-11-13-21(7)29-25(32)24(22-17-19(5)14-15-20(22)6)31(12-2)26(33)23(16-18(3)4)30-27(34)35-28(8,9)10/h14-15,17-18,21,23-24H,11-13,16H2,1-10H3,(H,29,32)(H,30,34). The summed E-state index contributed by atoms with van der Waals surface area (Å²) in [6.45, 7) is 19.5. The molecule has 1 aromatic rings. The Morgan fingerprint density at radius 3 is 2.17 bits per heavy atom. The third kappa shape index (κ3) is 9.90. The minimum atomic E-state index is -0.807. The van der Waals surface area contributed by atoms with Gasteiger partial charge in [0.2, 0.25) is 11.8 Å². The molecule has 0 heterocycles. The molecule has 0 aliphatic heterocycles. The Hall–Kier alpha value is -2.57. The summed E-state index contributed by atoms with van der Waals surface area (Å²) in [5.41, 5.74) is 2.06. The van der Waals surface area contributed by atoms with Crippen molar-refractivity contribution in [2.75, 3.05) is 6.54 Å². The topological polar surface area (TPSA) is 87.7 Å². The minimum absolute atomic E-state index is 0.0136. The lowest BCUT2D eigenvalue weighted by molar-refractivity contribution is -0.142. The van der Waals surface area contributed by atoms with Gasteiger partial charge in [-0.1, -0.05) is 51.0 Å². The van der Waals surface area contributed by atoms with Crippen LogP contribution in [0.3, 0.4) is 0 Å². The molecular formula is C28H47N3O4. The summed E-state index contributed by atoms with van der Waals surface area (Å²) < 4.78 is 5.42. The van der Waals surface area contributed by atoms with E-state index < -0.39 is 23.8 Å². The third-order valence-corrected chi connectivity index (χ3v) is 5.72. The molecule has 198 valence electrons. The fourth-order valence-corrected chi connectivity index (χ4v) is 4.14. The summed E-state index contributed by atoms with van der Waals surface area (Å²) in [6, 6.07) is 4.32. The zero-order valence-corrected chi connectivity index (χ0v) is 23.5. The van der Waals surface area contributed by atoms with Crippen molar-refractivity contribution in [1.29, 1.82) is 0 Å². The smallest absolute Gasteiger partial charge is 0.408 e. The average molecular weight is 490 g/mol. The number of hydrogen-bond acceptors (Lipinski definition) is 4. The zero-order valence-electron chi connectivity index (χ0n) is 23.5. The van der Waals surface area contributed by atoms with Crippen LogP contribution >= 0.6 is 0 Å². The van der Waals surface area contributed by atoms with Crippen LogP contribution in [0.15, 0.2) is 18.2 Å². The van der Waals surface area contributed by atoms with Gasteiger partial charge in [-0.15, -0.1) is 0 Å². The highest BCUT2D eigenvalue weighted by molar-refractivity contribution is 5.92. The monoisotopic (exact) mass is 489 g/mol. The van der Waals surface area contributed by atoms with Crippen molar-refractivity contribution in [3.8, 4) is 0 Å². The molecular weight excluding hydrogens is 442 g/mol. The fourth-order valence-electron chi connectivity index (χ4n) is 4.14. The van der Waals surface area contributed by atoms with Gasteiger partial charge in [0.1, 0.15) is 17.7 Å². The predicted octanol–water partition coefficient (Wildman–Crippen LogP) is 5.44. The van der Waals surface area contributed by atoms with Crippen molar-refractivity contribution in [1.82, 2.24) is 15.5 Å². The Morgan fingerprint density at radius 2 is 1.66 bits per heavy atom. The summed E-state index contributed by atoms with van der Waals surface area (Å²) >= 11 is 0. The molecule has 3 amide bonds. The van der Waals surface area contributed by atoms with E-state index in [9.17, 15) is 14.4 Å². The molecule has 0 bridgehead atoms. The molecule has 0 saturated heterocycles. The molecule has 3 atom stereocenters. The van der Waals surface area contributed by atoms with Gasteiger partial charge in [0.15, 0.2) is 0 Å². The van der Waals surface area contributed by atoms with E-state index in [1.165, 1.54) is 0 Å². The number of carbonyl (C=O) groups is 3. The van der Waals surface area contributed by atoms with Crippen LogP contribution in [0.1, 0.15) is 97.4 Å². The van der Waals surface area contributed by atoms with Crippen LogP contribution in [0.25, 0.3) is 0 Å². The Labute approximate surface area is 212 Å². The Kier molecular flexibility index (Phi) is 11.7. The summed E-state index contributed by atoms with van der Waals surface area (Å²) in [5.74, 6) is -0.359. The molecule has 1 aromatic carbocycles. The predicted molar refractivity (Wildman–Crippen MR) is 141 cm³/mol. The van der Waals surface area contributed by atoms with Gasteiger partial charge in [-0.3, -0.25) is 9.59 Å². The second-order valence-electron chi connectivity index (χ2n) is 10.9. The lowest BCUT2D eigenvalue weighted by Gasteiger charge is -2.35. The molecule has 0 aliphatic carbocycles. The number of ether oxygens (including phenoxy) is 1. The molecule has 7 nitrogen and oxygen atoms in total. The van der Waals surface area contributed by atoms with E-state index in [0.29, 0.717) is 13.0 Å². The molecule has 0 radical (unpaired) electrons. The first-order valence-corrected chi connectivity index (χ1v) is 12.9.